The molecule has 0 amide bonds. The van der Waals surface area contributed by atoms with Gasteiger partial charge < -0.3 is 9.84 Å². The van der Waals surface area contributed by atoms with Crippen LogP contribution in [0.5, 0.6) is 5.75 Å². The van der Waals surface area contributed by atoms with Crippen molar-refractivity contribution in [1.82, 2.24) is 0 Å². The fourth-order valence-corrected chi connectivity index (χ4v) is 2.61. The molecular formula is C18H21ClO2. The van der Waals surface area contributed by atoms with E-state index in [1.807, 2.05) is 19.1 Å². The van der Waals surface area contributed by atoms with E-state index in [0.717, 1.165) is 5.56 Å². The number of hydrogen-bond donors (Lipinski definition) is 1. The van der Waals surface area contributed by atoms with Crippen molar-refractivity contribution in [2.45, 2.75) is 39.4 Å². The lowest BCUT2D eigenvalue weighted by Crippen LogP contribution is -2.30. The third-order valence-corrected chi connectivity index (χ3v) is 3.62. The summed E-state index contributed by atoms with van der Waals surface area (Å²) in [7, 11) is 0. The van der Waals surface area contributed by atoms with Gasteiger partial charge in [0.1, 0.15) is 11.9 Å². The molecule has 2 aromatic rings. The summed E-state index contributed by atoms with van der Waals surface area (Å²) in [6, 6.07) is 13.5. The number of aliphatic hydroxyl groups excluding tert-OH is 1. The smallest absolute Gasteiger partial charge is 0.122 e. The molecule has 2 unspecified atom stereocenters. The maximum absolute atomic E-state index is 10.3. The minimum absolute atomic E-state index is 0.302. The number of benzene rings is 2. The van der Waals surface area contributed by atoms with Gasteiger partial charge in [-0.05, 0) is 44.5 Å². The second-order valence-electron chi connectivity index (χ2n) is 5.55. The molecule has 0 aromatic heterocycles. The Bertz CT molecular complexity index is 590. The quantitative estimate of drug-likeness (QED) is 0.891. The summed E-state index contributed by atoms with van der Waals surface area (Å²) < 4.78 is 5.76. The van der Waals surface area contributed by atoms with Crippen LogP contribution in [0.1, 0.15) is 23.6 Å². The average Bonchev–Trinajstić information content (AvgIpc) is 2.37. The number of rotatable bonds is 5. The molecule has 0 spiro atoms. The SMILES string of the molecule is Cc1cc(C)cc(CC(O)C(C)Oc2cccc(Cl)c2)c1. The van der Waals surface area contributed by atoms with Crippen LogP contribution in [-0.2, 0) is 6.42 Å². The first-order valence-electron chi connectivity index (χ1n) is 7.11. The first-order valence-corrected chi connectivity index (χ1v) is 7.49. The number of aryl methyl sites for hydroxylation is 2. The molecule has 0 fully saturated rings. The van der Waals surface area contributed by atoms with Crippen molar-refractivity contribution in [3.05, 3.63) is 64.2 Å². The second-order valence-corrected chi connectivity index (χ2v) is 5.98. The molecule has 112 valence electrons. The molecule has 0 aliphatic carbocycles. The molecule has 2 atom stereocenters. The van der Waals surface area contributed by atoms with Gasteiger partial charge in [0, 0.05) is 11.4 Å². The first-order chi connectivity index (χ1) is 9.94. The van der Waals surface area contributed by atoms with Crippen LogP contribution in [0, 0.1) is 13.8 Å². The van der Waals surface area contributed by atoms with E-state index >= 15 is 0 Å². The normalized spacial score (nSPS) is 13.8. The van der Waals surface area contributed by atoms with E-state index in [4.69, 9.17) is 16.3 Å². The molecule has 2 rings (SSSR count). The van der Waals surface area contributed by atoms with E-state index in [2.05, 4.69) is 32.0 Å². The van der Waals surface area contributed by atoms with E-state index in [0.29, 0.717) is 17.2 Å². The molecule has 0 heterocycles. The molecule has 0 bridgehead atoms. The van der Waals surface area contributed by atoms with Gasteiger partial charge in [-0.3, -0.25) is 0 Å². The van der Waals surface area contributed by atoms with Crippen LogP contribution in [0.4, 0.5) is 0 Å². The third-order valence-electron chi connectivity index (χ3n) is 3.39. The van der Waals surface area contributed by atoms with Crippen molar-refractivity contribution in [2.24, 2.45) is 0 Å². The topological polar surface area (TPSA) is 29.5 Å². The largest absolute Gasteiger partial charge is 0.488 e. The zero-order valence-corrected chi connectivity index (χ0v) is 13.4. The van der Waals surface area contributed by atoms with Gasteiger partial charge in [-0.1, -0.05) is 47.0 Å². The van der Waals surface area contributed by atoms with Crippen molar-refractivity contribution >= 4 is 11.6 Å². The highest BCUT2D eigenvalue weighted by atomic mass is 35.5. The Morgan fingerprint density at radius 1 is 1.10 bits per heavy atom. The Labute approximate surface area is 131 Å². The molecule has 3 heteroatoms. The molecule has 2 aromatic carbocycles. The summed E-state index contributed by atoms with van der Waals surface area (Å²) in [6.45, 7) is 6.00. The lowest BCUT2D eigenvalue weighted by atomic mass is 10.0. The zero-order valence-electron chi connectivity index (χ0n) is 12.6. The maximum atomic E-state index is 10.3. The van der Waals surface area contributed by atoms with E-state index in [9.17, 15) is 5.11 Å². The Hall–Kier alpha value is -1.51. The Morgan fingerprint density at radius 2 is 1.76 bits per heavy atom. The summed E-state index contributed by atoms with van der Waals surface area (Å²) in [5, 5.41) is 11.0. The summed E-state index contributed by atoms with van der Waals surface area (Å²) in [5.41, 5.74) is 3.54. The van der Waals surface area contributed by atoms with Crippen molar-refractivity contribution < 1.29 is 9.84 Å². The van der Waals surface area contributed by atoms with Crippen molar-refractivity contribution in [1.29, 1.82) is 0 Å². The van der Waals surface area contributed by atoms with Gasteiger partial charge in [0.15, 0.2) is 0 Å². The lowest BCUT2D eigenvalue weighted by molar-refractivity contribution is 0.0478. The monoisotopic (exact) mass is 304 g/mol. The molecule has 0 saturated heterocycles. The standard InChI is InChI=1S/C18H21ClO2/c1-12-7-13(2)9-15(8-12)10-18(20)14(3)21-17-6-4-5-16(19)11-17/h4-9,11,14,18,20H,10H2,1-3H3. The molecular weight excluding hydrogens is 284 g/mol. The fraction of sp³-hybridized carbons (Fsp3) is 0.333. The molecule has 0 aliphatic rings. The van der Waals surface area contributed by atoms with E-state index in [-0.39, 0.29) is 6.10 Å². The van der Waals surface area contributed by atoms with Gasteiger partial charge in [0.2, 0.25) is 0 Å². The van der Waals surface area contributed by atoms with Crippen LogP contribution in [-0.4, -0.2) is 17.3 Å². The minimum atomic E-state index is -0.565. The number of aliphatic hydroxyl groups is 1. The van der Waals surface area contributed by atoms with Crippen molar-refractivity contribution in [3.8, 4) is 5.75 Å². The Balaban J connectivity index is 2.00. The van der Waals surface area contributed by atoms with Gasteiger partial charge in [-0.25, -0.2) is 0 Å². The van der Waals surface area contributed by atoms with E-state index in [1.165, 1.54) is 11.1 Å². The van der Waals surface area contributed by atoms with Gasteiger partial charge in [0.25, 0.3) is 0 Å². The van der Waals surface area contributed by atoms with Crippen LogP contribution in [0.2, 0.25) is 5.02 Å². The number of halogens is 1. The molecule has 21 heavy (non-hydrogen) atoms. The highest BCUT2D eigenvalue weighted by Gasteiger charge is 2.17. The molecule has 1 N–H and O–H groups in total. The predicted octanol–water partition coefficient (Wildman–Crippen LogP) is 4.33. The maximum Gasteiger partial charge on any atom is 0.122 e. The van der Waals surface area contributed by atoms with Crippen LogP contribution < -0.4 is 4.74 Å². The van der Waals surface area contributed by atoms with E-state index in [1.54, 1.807) is 12.1 Å². The molecule has 0 saturated carbocycles. The van der Waals surface area contributed by atoms with E-state index < -0.39 is 6.10 Å². The summed E-state index contributed by atoms with van der Waals surface area (Å²) >= 11 is 5.93. The van der Waals surface area contributed by atoms with Crippen LogP contribution in [0.15, 0.2) is 42.5 Å². The third kappa shape index (κ3) is 4.76. The van der Waals surface area contributed by atoms with Crippen molar-refractivity contribution in [3.63, 3.8) is 0 Å². The van der Waals surface area contributed by atoms with Gasteiger partial charge in [-0.2, -0.15) is 0 Å². The predicted molar refractivity (Wildman–Crippen MR) is 87.2 cm³/mol. The zero-order chi connectivity index (χ0) is 15.4. The average molecular weight is 305 g/mol. The summed E-state index contributed by atoms with van der Waals surface area (Å²) in [5.74, 6) is 0.675. The van der Waals surface area contributed by atoms with Gasteiger partial charge >= 0.3 is 0 Å². The van der Waals surface area contributed by atoms with Crippen LogP contribution >= 0.6 is 11.6 Å². The first kappa shape index (κ1) is 15.9. The number of hydrogen-bond acceptors (Lipinski definition) is 2. The summed E-state index contributed by atoms with van der Waals surface area (Å²) in [4.78, 5) is 0. The molecule has 0 radical (unpaired) electrons. The highest BCUT2D eigenvalue weighted by molar-refractivity contribution is 6.30. The number of ether oxygens (including phenoxy) is 1. The molecule has 0 aliphatic heterocycles. The van der Waals surface area contributed by atoms with Crippen molar-refractivity contribution in [2.75, 3.05) is 0 Å². The van der Waals surface area contributed by atoms with Gasteiger partial charge in [0.05, 0.1) is 6.10 Å². The molecule has 2 nitrogen and oxygen atoms in total. The fourth-order valence-electron chi connectivity index (χ4n) is 2.43. The Kier molecular flexibility index (Phi) is 5.27. The highest BCUT2D eigenvalue weighted by Crippen LogP contribution is 2.20. The van der Waals surface area contributed by atoms with Crippen LogP contribution in [0.3, 0.4) is 0 Å². The summed E-state index contributed by atoms with van der Waals surface area (Å²) in [6.07, 6.45) is -0.293. The second kappa shape index (κ2) is 6.97. The minimum Gasteiger partial charge on any atom is -0.488 e. The van der Waals surface area contributed by atoms with Gasteiger partial charge in [-0.15, -0.1) is 0 Å². The van der Waals surface area contributed by atoms with Crippen LogP contribution in [0.25, 0.3) is 0 Å². The lowest BCUT2D eigenvalue weighted by Gasteiger charge is -2.21. The Morgan fingerprint density at radius 3 is 2.38 bits per heavy atom.